The lowest BCUT2D eigenvalue weighted by atomic mass is 10.1. The number of amides is 3. The molecule has 0 bridgehead atoms. The molecule has 0 spiro atoms. The third kappa shape index (κ3) is 3.57. The highest BCUT2D eigenvalue weighted by Crippen LogP contribution is 2.34. The van der Waals surface area contributed by atoms with Gasteiger partial charge in [0.05, 0.1) is 18.7 Å². The summed E-state index contributed by atoms with van der Waals surface area (Å²) in [5.41, 5.74) is 0.522. The van der Waals surface area contributed by atoms with Crippen LogP contribution in [0.15, 0.2) is 30.3 Å². The number of hydrogen-bond donors (Lipinski definition) is 0. The first-order chi connectivity index (χ1) is 12.1. The van der Waals surface area contributed by atoms with Crippen molar-refractivity contribution in [3.63, 3.8) is 0 Å². The molecule has 1 saturated carbocycles. The number of ether oxygens (including phenoxy) is 2. The monoisotopic (exact) mass is 346 g/mol. The number of carbonyl (C=O) groups excluding carboxylic acids is 3. The van der Waals surface area contributed by atoms with Crippen molar-refractivity contribution >= 4 is 23.4 Å². The average Bonchev–Trinajstić information content (AvgIpc) is 3.43. The predicted octanol–water partition coefficient (Wildman–Crippen LogP) is 1.18. The van der Waals surface area contributed by atoms with Gasteiger partial charge in [0.15, 0.2) is 6.29 Å². The Balaban J connectivity index is 1.84. The van der Waals surface area contributed by atoms with E-state index in [9.17, 15) is 14.4 Å². The molecule has 1 aliphatic carbocycles. The summed E-state index contributed by atoms with van der Waals surface area (Å²) in [5, 5.41) is 0. The number of carbonyl (C=O) groups is 3. The smallest absolute Gasteiger partial charge is 0.257 e. The van der Waals surface area contributed by atoms with Crippen LogP contribution in [0.2, 0.25) is 0 Å². The quantitative estimate of drug-likeness (QED) is 0.547. The highest BCUT2D eigenvalue weighted by atomic mass is 16.7. The summed E-state index contributed by atoms with van der Waals surface area (Å²) in [5.74, 6) is -0.861. The molecular weight excluding hydrogens is 324 g/mol. The van der Waals surface area contributed by atoms with Gasteiger partial charge in [0.1, 0.15) is 6.04 Å². The van der Waals surface area contributed by atoms with Crippen LogP contribution in [0.25, 0.3) is 0 Å². The highest BCUT2D eigenvalue weighted by molar-refractivity contribution is 6.23. The van der Waals surface area contributed by atoms with Crippen molar-refractivity contribution in [1.82, 2.24) is 4.90 Å². The molecular formula is C18H22N2O5. The predicted molar refractivity (Wildman–Crippen MR) is 89.6 cm³/mol. The third-order valence-corrected chi connectivity index (χ3v) is 4.59. The summed E-state index contributed by atoms with van der Waals surface area (Å²) in [6.45, 7) is 0.120. The second kappa shape index (κ2) is 7.33. The van der Waals surface area contributed by atoms with Crippen LogP contribution in [0, 0.1) is 5.92 Å². The van der Waals surface area contributed by atoms with Gasteiger partial charge in [-0.2, -0.15) is 0 Å². The van der Waals surface area contributed by atoms with Crippen molar-refractivity contribution in [2.75, 3.05) is 25.7 Å². The molecule has 1 heterocycles. The first-order valence-electron chi connectivity index (χ1n) is 8.34. The van der Waals surface area contributed by atoms with E-state index in [4.69, 9.17) is 9.47 Å². The van der Waals surface area contributed by atoms with E-state index in [0.717, 1.165) is 17.7 Å². The van der Waals surface area contributed by atoms with Gasteiger partial charge in [0.2, 0.25) is 11.8 Å². The van der Waals surface area contributed by atoms with Gasteiger partial charge >= 0.3 is 0 Å². The lowest BCUT2D eigenvalue weighted by molar-refractivity contribution is -0.153. The van der Waals surface area contributed by atoms with Gasteiger partial charge in [-0.15, -0.1) is 0 Å². The average molecular weight is 346 g/mol. The van der Waals surface area contributed by atoms with Gasteiger partial charge < -0.3 is 14.4 Å². The first-order valence-corrected chi connectivity index (χ1v) is 8.34. The maximum absolute atomic E-state index is 12.9. The summed E-state index contributed by atoms with van der Waals surface area (Å²) in [4.78, 5) is 40.6. The van der Waals surface area contributed by atoms with E-state index >= 15 is 0 Å². The number of nitrogens with zero attached hydrogens (tertiary/aromatic N) is 2. The Morgan fingerprint density at radius 1 is 1.20 bits per heavy atom. The molecule has 7 nitrogen and oxygen atoms in total. The van der Waals surface area contributed by atoms with Gasteiger partial charge in [-0.05, 0) is 25.0 Å². The molecule has 1 saturated heterocycles. The molecule has 1 aromatic carbocycles. The molecule has 3 amide bonds. The molecule has 3 rings (SSSR count). The number of benzene rings is 1. The molecule has 1 aliphatic heterocycles. The Labute approximate surface area is 146 Å². The molecule has 1 unspecified atom stereocenters. The van der Waals surface area contributed by atoms with E-state index < -0.39 is 12.3 Å². The van der Waals surface area contributed by atoms with E-state index in [1.807, 2.05) is 6.07 Å². The van der Waals surface area contributed by atoms with Gasteiger partial charge in [-0.3, -0.25) is 14.4 Å². The number of anilines is 1. The third-order valence-electron chi connectivity index (χ3n) is 4.59. The van der Waals surface area contributed by atoms with Crippen molar-refractivity contribution in [2.24, 2.45) is 5.92 Å². The number of hydrogen-bond acceptors (Lipinski definition) is 5. The van der Waals surface area contributed by atoms with Crippen LogP contribution in [0.3, 0.4) is 0 Å². The minimum absolute atomic E-state index is 0.0215. The van der Waals surface area contributed by atoms with Gasteiger partial charge in [0, 0.05) is 20.1 Å². The summed E-state index contributed by atoms with van der Waals surface area (Å²) < 4.78 is 10.4. The second-order valence-corrected chi connectivity index (χ2v) is 6.29. The van der Waals surface area contributed by atoms with Crippen LogP contribution in [0.4, 0.5) is 5.69 Å². The second-order valence-electron chi connectivity index (χ2n) is 6.29. The topological polar surface area (TPSA) is 76.2 Å². The Kier molecular flexibility index (Phi) is 5.15. The fourth-order valence-corrected chi connectivity index (χ4v) is 3.05. The van der Waals surface area contributed by atoms with E-state index in [1.165, 1.54) is 19.1 Å². The largest absolute Gasteiger partial charge is 0.354 e. The first kappa shape index (κ1) is 17.6. The number of para-hydroxylation sites is 1. The lowest BCUT2D eigenvalue weighted by Crippen LogP contribution is -2.49. The van der Waals surface area contributed by atoms with Crippen molar-refractivity contribution in [1.29, 1.82) is 0 Å². The molecule has 25 heavy (non-hydrogen) atoms. The zero-order chi connectivity index (χ0) is 18.0. The van der Waals surface area contributed by atoms with Gasteiger partial charge in [-0.1, -0.05) is 18.2 Å². The molecule has 1 aromatic rings. The van der Waals surface area contributed by atoms with E-state index in [2.05, 4.69) is 0 Å². The number of methoxy groups -OCH3 is 2. The zero-order valence-corrected chi connectivity index (χ0v) is 14.4. The standard InChI is InChI=1S/C18H22N2O5/c1-24-16(25-2)11-19(17(22)12-8-9-12)14-10-15(21)20(18(14)23)13-6-4-3-5-7-13/h3-7,12,14,16H,8-11H2,1-2H3. The van der Waals surface area contributed by atoms with Crippen LogP contribution < -0.4 is 4.90 Å². The lowest BCUT2D eigenvalue weighted by Gasteiger charge is -2.30. The maximum atomic E-state index is 12.9. The van der Waals surface area contributed by atoms with E-state index in [1.54, 1.807) is 24.3 Å². The van der Waals surface area contributed by atoms with Crippen LogP contribution in [-0.4, -0.2) is 55.7 Å². The summed E-state index contributed by atoms with van der Waals surface area (Å²) >= 11 is 0. The van der Waals surface area contributed by atoms with Crippen LogP contribution in [0.5, 0.6) is 0 Å². The normalized spacial score (nSPS) is 20.4. The molecule has 0 N–H and O–H groups in total. The van der Waals surface area contributed by atoms with Crippen LogP contribution in [-0.2, 0) is 23.9 Å². The Bertz CT molecular complexity index is 655. The molecule has 2 fully saturated rings. The molecule has 0 aromatic heterocycles. The van der Waals surface area contributed by atoms with Crippen molar-refractivity contribution in [3.8, 4) is 0 Å². The summed E-state index contributed by atoms with van der Waals surface area (Å²) in [6, 6.07) is 7.95. The molecule has 134 valence electrons. The van der Waals surface area contributed by atoms with Crippen LogP contribution >= 0.6 is 0 Å². The SMILES string of the molecule is COC(CN(C(=O)C1CC1)C1CC(=O)N(c2ccccc2)C1=O)OC. The van der Waals surface area contributed by atoms with E-state index in [-0.39, 0.29) is 36.6 Å². The zero-order valence-electron chi connectivity index (χ0n) is 14.4. The molecule has 1 atom stereocenters. The van der Waals surface area contributed by atoms with E-state index in [0.29, 0.717) is 5.69 Å². The Morgan fingerprint density at radius 3 is 2.40 bits per heavy atom. The molecule has 7 heteroatoms. The van der Waals surface area contributed by atoms with Gasteiger partial charge in [-0.25, -0.2) is 4.90 Å². The number of rotatable bonds is 7. The Morgan fingerprint density at radius 2 is 1.84 bits per heavy atom. The minimum atomic E-state index is -0.811. The highest BCUT2D eigenvalue weighted by Gasteiger charge is 2.47. The van der Waals surface area contributed by atoms with Crippen molar-refractivity contribution in [2.45, 2.75) is 31.6 Å². The van der Waals surface area contributed by atoms with Crippen LogP contribution in [0.1, 0.15) is 19.3 Å². The minimum Gasteiger partial charge on any atom is -0.354 e. The Hall–Kier alpha value is -2.25. The van der Waals surface area contributed by atoms with Crippen molar-refractivity contribution in [3.05, 3.63) is 30.3 Å². The summed E-state index contributed by atoms with van der Waals surface area (Å²) in [7, 11) is 2.96. The molecule has 2 aliphatic rings. The number of imide groups is 1. The maximum Gasteiger partial charge on any atom is 0.257 e. The van der Waals surface area contributed by atoms with Gasteiger partial charge in [0.25, 0.3) is 5.91 Å². The fourth-order valence-electron chi connectivity index (χ4n) is 3.05. The van der Waals surface area contributed by atoms with Crippen molar-refractivity contribution < 1.29 is 23.9 Å². The fraction of sp³-hybridized carbons (Fsp3) is 0.500. The molecule has 0 radical (unpaired) electrons. The summed E-state index contributed by atoms with van der Waals surface area (Å²) in [6.07, 6.45) is 0.970.